The quantitative estimate of drug-likeness (QED) is 0.0683. The number of hydrogen-bond donors (Lipinski definition) is 1. The SMILES string of the molecule is COc1cc(OC)c(F)c(N2Cc3cnc(Nc4ccncc4)nc3N(Cc3cccc(CC(=O)/C=C/C[N+](C)(C)CC4=C([N+](=O)[O-])N=CC4)c3)C2=O)c1F. The fourth-order valence-electron chi connectivity index (χ4n) is 6.34. The molecule has 0 atom stereocenters. The summed E-state index contributed by atoms with van der Waals surface area (Å²) in [5, 5.41) is 14.4. The van der Waals surface area contributed by atoms with Crippen LogP contribution < -0.4 is 24.6 Å². The molecule has 17 heteroatoms. The molecular formula is C38H38F2N9O6+. The molecule has 2 aliphatic rings. The molecule has 2 amide bonds. The van der Waals surface area contributed by atoms with E-state index in [1.807, 2.05) is 14.1 Å². The molecular weight excluding hydrogens is 716 g/mol. The number of carbonyl (C=O) groups is 2. The molecule has 284 valence electrons. The van der Waals surface area contributed by atoms with Gasteiger partial charge in [-0.2, -0.15) is 4.98 Å². The van der Waals surface area contributed by atoms with Gasteiger partial charge in [0.15, 0.2) is 28.9 Å². The molecule has 0 aliphatic carbocycles. The Hall–Kier alpha value is -6.62. The zero-order valence-corrected chi connectivity index (χ0v) is 30.5. The smallest absolute Gasteiger partial charge is 0.368 e. The van der Waals surface area contributed by atoms with E-state index in [9.17, 15) is 19.7 Å². The lowest BCUT2D eigenvalue weighted by atomic mass is 10.0. The van der Waals surface area contributed by atoms with Crippen molar-refractivity contribution in [1.82, 2.24) is 15.0 Å². The molecule has 0 saturated heterocycles. The van der Waals surface area contributed by atoms with Crippen molar-refractivity contribution in [3.63, 3.8) is 0 Å². The van der Waals surface area contributed by atoms with Crippen LogP contribution in [-0.2, 0) is 24.3 Å². The topological polar surface area (TPSA) is 165 Å². The number of urea groups is 1. The molecule has 0 saturated carbocycles. The number of aliphatic imine (C=N–C) groups is 1. The molecule has 4 heterocycles. The number of carbonyl (C=O) groups excluding carboxylic acids is 2. The molecule has 0 bridgehead atoms. The lowest BCUT2D eigenvalue weighted by molar-refractivity contribution is -0.880. The van der Waals surface area contributed by atoms with E-state index in [0.717, 1.165) is 11.0 Å². The maximum Gasteiger partial charge on any atom is 0.368 e. The van der Waals surface area contributed by atoms with Crippen LogP contribution in [0.1, 0.15) is 23.1 Å². The Morgan fingerprint density at radius 2 is 1.78 bits per heavy atom. The van der Waals surface area contributed by atoms with Crippen LogP contribution >= 0.6 is 0 Å². The number of aromatic nitrogens is 3. The van der Waals surface area contributed by atoms with Crippen LogP contribution in [0.2, 0.25) is 0 Å². The minimum Gasteiger partial charge on any atom is -0.493 e. The highest BCUT2D eigenvalue weighted by molar-refractivity contribution is 6.06. The van der Waals surface area contributed by atoms with E-state index in [4.69, 9.17) is 9.47 Å². The molecule has 4 aromatic rings. The Labute approximate surface area is 315 Å². The number of ketones is 1. The Morgan fingerprint density at radius 3 is 2.47 bits per heavy atom. The van der Waals surface area contributed by atoms with E-state index in [-0.39, 0.29) is 54.4 Å². The number of nitrogens with one attached hydrogen (secondary N) is 1. The summed E-state index contributed by atoms with van der Waals surface area (Å²) < 4.78 is 42.2. The number of benzene rings is 2. The first-order valence-electron chi connectivity index (χ1n) is 17.1. The van der Waals surface area contributed by atoms with Crippen LogP contribution in [0.5, 0.6) is 11.5 Å². The van der Waals surface area contributed by atoms with Gasteiger partial charge >= 0.3 is 11.9 Å². The number of rotatable bonds is 15. The molecule has 0 fully saturated rings. The number of nitro groups is 1. The minimum atomic E-state index is -1.09. The van der Waals surface area contributed by atoms with Crippen molar-refractivity contribution in [2.75, 3.05) is 56.5 Å². The second kappa shape index (κ2) is 16.2. The van der Waals surface area contributed by atoms with Crippen molar-refractivity contribution in [2.24, 2.45) is 4.99 Å². The maximum atomic E-state index is 15.8. The molecule has 0 radical (unpaired) electrons. The fourth-order valence-corrected chi connectivity index (χ4v) is 6.34. The van der Waals surface area contributed by atoms with Crippen molar-refractivity contribution >= 4 is 41.2 Å². The number of ether oxygens (including phenoxy) is 2. The maximum absolute atomic E-state index is 15.8. The predicted octanol–water partition coefficient (Wildman–Crippen LogP) is 5.76. The number of pyridine rings is 1. The minimum absolute atomic E-state index is 0.0566. The van der Waals surface area contributed by atoms with Crippen molar-refractivity contribution in [3.05, 3.63) is 123 Å². The highest BCUT2D eigenvalue weighted by Gasteiger charge is 2.38. The van der Waals surface area contributed by atoms with Gasteiger partial charge in [-0.25, -0.2) is 18.6 Å². The number of likely N-dealkylation sites (N-methyl/N-ethyl adjacent to an activating group) is 1. The van der Waals surface area contributed by atoms with Gasteiger partial charge in [-0.1, -0.05) is 29.3 Å². The number of quaternary nitrogens is 1. The van der Waals surface area contributed by atoms with Crippen molar-refractivity contribution < 1.29 is 37.2 Å². The first kappa shape index (κ1) is 38.1. The lowest BCUT2D eigenvalue weighted by Gasteiger charge is -2.36. The van der Waals surface area contributed by atoms with E-state index in [0.29, 0.717) is 51.9 Å². The molecule has 1 N–H and O–H groups in total. The molecule has 2 aliphatic heterocycles. The number of fused-ring (bicyclic) bond motifs is 1. The summed E-state index contributed by atoms with van der Waals surface area (Å²) in [6.45, 7) is 0.521. The van der Waals surface area contributed by atoms with Crippen molar-refractivity contribution in [2.45, 2.75) is 25.9 Å². The monoisotopic (exact) mass is 754 g/mol. The fraction of sp³-hybridized carbons (Fsp3) is 0.263. The molecule has 15 nitrogen and oxygen atoms in total. The van der Waals surface area contributed by atoms with Crippen LogP contribution in [0, 0.1) is 21.7 Å². The number of anilines is 4. The third-order valence-corrected chi connectivity index (χ3v) is 8.92. The Balaban J connectivity index is 1.24. The van der Waals surface area contributed by atoms with E-state index in [1.165, 1.54) is 37.6 Å². The van der Waals surface area contributed by atoms with Gasteiger partial charge in [-0.3, -0.25) is 19.6 Å². The molecule has 0 unspecified atom stereocenters. The number of nitrogens with zero attached hydrogens (tertiary/aromatic N) is 8. The van der Waals surface area contributed by atoms with Crippen LogP contribution in [0.3, 0.4) is 0 Å². The Bertz CT molecular complexity index is 2200. The summed E-state index contributed by atoms with van der Waals surface area (Å²) in [5.41, 5.74) is 2.32. The molecule has 55 heavy (non-hydrogen) atoms. The third-order valence-electron chi connectivity index (χ3n) is 8.92. The summed E-state index contributed by atoms with van der Waals surface area (Å²) in [6, 6.07) is 10.8. The summed E-state index contributed by atoms with van der Waals surface area (Å²) in [7, 11) is 6.27. The average Bonchev–Trinajstić information content (AvgIpc) is 3.62. The van der Waals surface area contributed by atoms with E-state index < -0.39 is 28.3 Å². The summed E-state index contributed by atoms with van der Waals surface area (Å²) in [4.78, 5) is 57.3. The number of methoxy groups -OCH3 is 2. The van der Waals surface area contributed by atoms with Gasteiger partial charge in [0, 0.05) is 48.7 Å². The van der Waals surface area contributed by atoms with E-state index in [2.05, 4.69) is 25.3 Å². The van der Waals surface area contributed by atoms with Crippen LogP contribution in [0.25, 0.3) is 0 Å². The molecule has 0 spiro atoms. The van der Waals surface area contributed by atoms with Crippen LogP contribution in [0.15, 0.2) is 89.6 Å². The number of halogens is 2. The molecule has 2 aromatic carbocycles. The third kappa shape index (κ3) is 8.62. The van der Waals surface area contributed by atoms with Gasteiger partial charge in [0.05, 0.1) is 53.5 Å². The number of allylic oxidation sites excluding steroid dienone is 1. The summed E-state index contributed by atoms with van der Waals surface area (Å²) >= 11 is 0. The van der Waals surface area contributed by atoms with Gasteiger partial charge < -0.3 is 29.4 Å². The van der Waals surface area contributed by atoms with Gasteiger partial charge in [-0.05, 0) is 40.3 Å². The zero-order chi connectivity index (χ0) is 39.3. The first-order chi connectivity index (χ1) is 26.4. The van der Waals surface area contributed by atoms with Crippen molar-refractivity contribution in [1.29, 1.82) is 0 Å². The zero-order valence-electron chi connectivity index (χ0n) is 30.5. The summed E-state index contributed by atoms with van der Waals surface area (Å²) in [5.74, 6) is -2.70. The van der Waals surface area contributed by atoms with E-state index >= 15 is 8.78 Å². The second-order valence-electron chi connectivity index (χ2n) is 13.5. The van der Waals surface area contributed by atoms with Crippen LogP contribution in [0.4, 0.5) is 36.7 Å². The van der Waals surface area contributed by atoms with Gasteiger partial charge in [0.25, 0.3) is 0 Å². The highest BCUT2D eigenvalue weighted by atomic mass is 19.1. The normalized spacial score (nSPS) is 14.1. The second-order valence-corrected chi connectivity index (χ2v) is 13.5. The number of amides is 2. The van der Waals surface area contributed by atoms with Gasteiger partial charge in [-0.15, -0.1) is 0 Å². The average molecular weight is 755 g/mol. The van der Waals surface area contributed by atoms with Gasteiger partial charge in [0.1, 0.15) is 24.3 Å². The largest absolute Gasteiger partial charge is 0.493 e. The van der Waals surface area contributed by atoms with E-state index in [1.54, 1.807) is 54.9 Å². The molecule has 6 rings (SSSR count). The highest BCUT2D eigenvalue weighted by Crippen LogP contribution is 2.41. The Morgan fingerprint density at radius 1 is 1.07 bits per heavy atom. The predicted molar refractivity (Wildman–Crippen MR) is 200 cm³/mol. The summed E-state index contributed by atoms with van der Waals surface area (Å²) in [6.07, 6.45) is 9.90. The first-order valence-corrected chi connectivity index (χ1v) is 17.1. The van der Waals surface area contributed by atoms with Crippen LogP contribution in [-0.4, -0.2) is 83.8 Å². The van der Waals surface area contributed by atoms with Crippen molar-refractivity contribution in [3.8, 4) is 11.5 Å². The number of hydrogen-bond acceptors (Lipinski definition) is 11. The van der Waals surface area contributed by atoms with Gasteiger partial charge in [0.2, 0.25) is 5.95 Å². The Kier molecular flexibility index (Phi) is 11.2. The standard InChI is InChI=1S/C38H38F2N9O6/c1-49(2,23-26-10-15-42-35(26)48(52)53)16-6-9-29(50)18-24-7-5-8-25(17-24)21-47-36-27(20-43-37(45-36)44-28-11-13-41-14-12-28)22-46(38(47)51)34-32(39)30(54-3)19-31(55-4)33(34)40/h5-9,11-15,17,19-20H,10,16,18,21-23H2,1-4H3,(H,41,43,44,45)/q+1/b9-6+. The lowest BCUT2D eigenvalue weighted by Crippen LogP contribution is -2.48. The molecule has 2 aromatic heterocycles.